The van der Waals surface area contributed by atoms with E-state index in [4.69, 9.17) is 0 Å². The van der Waals surface area contributed by atoms with E-state index >= 15 is 0 Å². The fourth-order valence-corrected chi connectivity index (χ4v) is 3.74. The first kappa shape index (κ1) is 14.9. The minimum absolute atomic E-state index is 0.00128. The Morgan fingerprint density at radius 2 is 2.10 bits per heavy atom. The molecule has 0 unspecified atom stereocenters. The Kier molecular flexibility index (Phi) is 3.98. The molecular formula is C14H15Br2N3O2. The number of benzene rings is 1. The van der Waals surface area contributed by atoms with Crippen molar-refractivity contribution in [2.45, 2.75) is 19.9 Å². The molecule has 2 aromatic rings. The Balaban J connectivity index is 2.13. The van der Waals surface area contributed by atoms with E-state index in [1.807, 2.05) is 0 Å². The summed E-state index contributed by atoms with van der Waals surface area (Å²) in [4.78, 5) is 2.34. The van der Waals surface area contributed by atoms with Crippen LogP contribution in [0.4, 0.5) is 0 Å². The molecule has 5 nitrogen and oxygen atoms in total. The lowest BCUT2D eigenvalue weighted by atomic mass is 10.0. The van der Waals surface area contributed by atoms with Gasteiger partial charge in [-0.1, -0.05) is 6.92 Å². The molecule has 0 fully saturated rings. The second-order valence-corrected chi connectivity index (χ2v) is 6.71. The summed E-state index contributed by atoms with van der Waals surface area (Å²) in [7, 11) is 0. The van der Waals surface area contributed by atoms with Gasteiger partial charge in [-0.3, -0.25) is 10.00 Å². The van der Waals surface area contributed by atoms with Crippen molar-refractivity contribution in [3.63, 3.8) is 0 Å². The fourth-order valence-electron chi connectivity index (χ4n) is 2.62. The van der Waals surface area contributed by atoms with Gasteiger partial charge in [0.2, 0.25) is 0 Å². The summed E-state index contributed by atoms with van der Waals surface area (Å²) < 4.78 is 0.786. The molecule has 0 aliphatic carbocycles. The predicted octanol–water partition coefficient (Wildman–Crippen LogP) is 3.39. The minimum atomic E-state index is -0.0177. The van der Waals surface area contributed by atoms with Gasteiger partial charge in [0, 0.05) is 36.3 Å². The van der Waals surface area contributed by atoms with Crippen molar-refractivity contribution in [1.82, 2.24) is 15.1 Å². The number of nitrogens with one attached hydrogen (secondary N) is 1. The lowest BCUT2D eigenvalue weighted by molar-refractivity contribution is 0.267. The van der Waals surface area contributed by atoms with Gasteiger partial charge in [-0.05, 0) is 44.5 Å². The summed E-state index contributed by atoms with van der Waals surface area (Å²) in [6, 6.07) is 1.69. The number of aromatic hydroxyl groups is 2. The number of nitrogens with zero attached hydrogens (tertiary/aromatic N) is 2. The van der Waals surface area contributed by atoms with Gasteiger partial charge in [-0.25, -0.2) is 0 Å². The molecular weight excluding hydrogens is 402 g/mol. The highest BCUT2D eigenvalue weighted by Gasteiger charge is 2.25. The number of phenolic OH excluding ortho intramolecular Hbond substituents is 2. The molecule has 3 N–H and O–H groups in total. The van der Waals surface area contributed by atoms with Crippen LogP contribution >= 0.6 is 31.9 Å². The number of aromatic amines is 1. The quantitative estimate of drug-likeness (QED) is 0.701. The van der Waals surface area contributed by atoms with E-state index in [1.165, 1.54) is 0 Å². The van der Waals surface area contributed by atoms with E-state index in [2.05, 4.69) is 53.9 Å². The van der Waals surface area contributed by atoms with Gasteiger partial charge in [0.25, 0.3) is 0 Å². The van der Waals surface area contributed by atoms with Crippen LogP contribution in [0.15, 0.2) is 15.0 Å². The Bertz CT molecular complexity index is 700. The van der Waals surface area contributed by atoms with Crippen molar-refractivity contribution in [1.29, 1.82) is 0 Å². The van der Waals surface area contributed by atoms with Gasteiger partial charge in [0.05, 0.1) is 4.47 Å². The van der Waals surface area contributed by atoms with E-state index < -0.39 is 0 Å². The Hall–Kier alpha value is -1.05. The summed E-state index contributed by atoms with van der Waals surface area (Å²) in [6.45, 7) is 4.95. The van der Waals surface area contributed by atoms with Crippen LogP contribution in [0, 0.1) is 0 Å². The zero-order valence-corrected chi connectivity index (χ0v) is 14.6. The van der Waals surface area contributed by atoms with Gasteiger partial charge in [-0.2, -0.15) is 5.10 Å². The summed E-state index contributed by atoms with van der Waals surface area (Å²) in [5.74, 6) is -0.0190. The molecule has 21 heavy (non-hydrogen) atoms. The molecule has 0 saturated carbocycles. The molecule has 1 aromatic carbocycles. The molecule has 0 spiro atoms. The second-order valence-electron chi connectivity index (χ2n) is 5.07. The summed E-state index contributed by atoms with van der Waals surface area (Å²) in [5.41, 5.74) is 3.57. The number of rotatable bonds is 2. The van der Waals surface area contributed by atoms with E-state index in [1.54, 1.807) is 6.07 Å². The molecule has 1 aliphatic rings. The molecule has 0 saturated heterocycles. The maximum absolute atomic E-state index is 10.3. The lowest BCUT2D eigenvalue weighted by Crippen LogP contribution is -2.30. The summed E-state index contributed by atoms with van der Waals surface area (Å²) in [5, 5.41) is 27.6. The largest absolute Gasteiger partial charge is 0.506 e. The standard InChI is InChI=1S/C14H15Br2N3O2/c1-2-19-4-3-10-8(6-19)12(18-17-10)7-5-9(15)14(21)11(16)13(7)20/h5,20-21H,2-4,6H2,1H3,(H,17,18). The molecule has 7 heteroatoms. The van der Waals surface area contributed by atoms with Gasteiger partial charge < -0.3 is 10.2 Å². The minimum Gasteiger partial charge on any atom is -0.506 e. The third kappa shape index (κ3) is 2.47. The van der Waals surface area contributed by atoms with E-state index in [0.717, 1.165) is 43.0 Å². The Morgan fingerprint density at radius 3 is 2.81 bits per heavy atom. The molecule has 3 rings (SSSR count). The third-order valence-electron chi connectivity index (χ3n) is 3.88. The fraction of sp³-hybridized carbons (Fsp3) is 0.357. The summed E-state index contributed by atoms with van der Waals surface area (Å²) in [6.07, 6.45) is 0.928. The van der Waals surface area contributed by atoms with Crippen molar-refractivity contribution >= 4 is 31.9 Å². The first-order valence-corrected chi connectivity index (χ1v) is 8.30. The number of halogens is 2. The topological polar surface area (TPSA) is 72.4 Å². The number of hydrogen-bond donors (Lipinski definition) is 3. The molecule has 0 amide bonds. The van der Waals surface area contributed by atoms with E-state index in [0.29, 0.717) is 10.0 Å². The highest BCUT2D eigenvalue weighted by atomic mass is 79.9. The first-order valence-electron chi connectivity index (χ1n) is 6.71. The number of fused-ring (bicyclic) bond motifs is 1. The van der Waals surface area contributed by atoms with Crippen LogP contribution in [0.3, 0.4) is 0 Å². The van der Waals surface area contributed by atoms with Gasteiger partial charge in [0.15, 0.2) is 0 Å². The smallest absolute Gasteiger partial charge is 0.147 e. The van der Waals surface area contributed by atoms with Crippen molar-refractivity contribution < 1.29 is 10.2 Å². The van der Waals surface area contributed by atoms with Crippen molar-refractivity contribution in [2.24, 2.45) is 0 Å². The van der Waals surface area contributed by atoms with Crippen LogP contribution in [0.25, 0.3) is 11.3 Å². The molecule has 0 atom stereocenters. The Morgan fingerprint density at radius 1 is 1.33 bits per heavy atom. The SMILES string of the molecule is CCN1CCc2[nH]nc(-c3cc(Br)c(O)c(Br)c3O)c2C1. The van der Waals surface area contributed by atoms with Crippen molar-refractivity contribution in [2.75, 3.05) is 13.1 Å². The molecule has 1 aromatic heterocycles. The number of H-pyrrole nitrogens is 1. The average molecular weight is 417 g/mol. The molecule has 2 heterocycles. The van der Waals surface area contributed by atoms with Crippen LogP contribution in [0.1, 0.15) is 18.2 Å². The average Bonchev–Trinajstić information content (AvgIpc) is 2.91. The van der Waals surface area contributed by atoms with E-state index in [9.17, 15) is 10.2 Å². The number of likely N-dealkylation sites (N-methyl/N-ethyl adjacent to an activating group) is 1. The van der Waals surface area contributed by atoms with Crippen molar-refractivity contribution in [3.8, 4) is 22.8 Å². The number of aromatic nitrogens is 2. The van der Waals surface area contributed by atoms with Crippen LogP contribution in [0.2, 0.25) is 0 Å². The zero-order valence-electron chi connectivity index (χ0n) is 11.5. The molecule has 0 radical (unpaired) electrons. The van der Waals surface area contributed by atoms with Gasteiger partial charge in [0.1, 0.15) is 21.7 Å². The maximum atomic E-state index is 10.3. The van der Waals surface area contributed by atoms with Gasteiger partial charge in [-0.15, -0.1) is 0 Å². The predicted molar refractivity (Wildman–Crippen MR) is 87.4 cm³/mol. The normalized spacial score (nSPS) is 15.2. The van der Waals surface area contributed by atoms with Crippen LogP contribution in [-0.2, 0) is 13.0 Å². The highest BCUT2D eigenvalue weighted by molar-refractivity contribution is 9.11. The van der Waals surface area contributed by atoms with Crippen LogP contribution < -0.4 is 0 Å². The maximum Gasteiger partial charge on any atom is 0.147 e. The highest BCUT2D eigenvalue weighted by Crippen LogP contribution is 2.46. The second kappa shape index (κ2) is 5.62. The lowest BCUT2D eigenvalue weighted by Gasteiger charge is -2.25. The zero-order chi connectivity index (χ0) is 15.1. The first-order chi connectivity index (χ1) is 10.0. The molecule has 112 valence electrons. The van der Waals surface area contributed by atoms with Crippen LogP contribution in [-0.4, -0.2) is 38.4 Å². The molecule has 1 aliphatic heterocycles. The van der Waals surface area contributed by atoms with E-state index in [-0.39, 0.29) is 16.0 Å². The van der Waals surface area contributed by atoms with Crippen LogP contribution in [0.5, 0.6) is 11.5 Å². The number of hydrogen-bond acceptors (Lipinski definition) is 4. The van der Waals surface area contributed by atoms with Gasteiger partial charge >= 0.3 is 0 Å². The Labute approximate surface area is 139 Å². The third-order valence-corrected chi connectivity index (χ3v) is 5.24. The monoisotopic (exact) mass is 415 g/mol. The van der Waals surface area contributed by atoms with Crippen molar-refractivity contribution in [3.05, 3.63) is 26.3 Å². The summed E-state index contributed by atoms with van der Waals surface area (Å²) >= 11 is 6.51. The molecule has 0 bridgehead atoms. The number of phenols is 2.